The molecule has 0 radical (unpaired) electrons. The highest BCUT2D eigenvalue weighted by molar-refractivity contribution is 6.91. The van der Waals surface area contributed by atoms with E-state index in [0.29, 0.717) is 0 Å². The number of furan rings is 1. The molecule has 4 heteroatoms. The topological polar surface area (TPSA) is 23.0 Å². The molecule has 6 heterocycles. The van der Waals surface area contributed by atoms with E-state index in [2.05, 4.69) is 112 Å². The number of rotatable bonds is 0. The van der Waals surface area contributed by atoms with Gasteiger partial charge < -0.3 is 13.5 Å². The van der Waals surface area contributed by atoms with Gasteiger partial charge in [0, 0.05) is 54.8 Å². The van der Waals surface area contributed by atoms with Gasteiger partial charge in [0.15, 0.2) is 0 Å². The largest absolute Gasteiger partial charge is 0.455 e. The average Bonchev–Trinajstić information content (AvgIpc) is 3.66. The van der Waals surface area contributed by atoms with Gasteiger partial charge in [0.05, 0.1) is 16.4 Å². The third kappa shape index (κ3) is 1.74. The highest BCUT2D eigenvalue weighted by Gasteiger charge is 2.45. The van der Waals surface area contributed by atoms with Gasteiger partial charge in [0.1, 0.15) is 11.2 Å². The van der Waals surface area contributed by atoms with Crippen molar-refractivity contribution < 1.29 is 4.42 Å². The summed E-state index contributed by atoms with van der Waals surface area (Å²) in [6, 6.07) is 38.3. The number of aromatic nitrogens is 2. The first-order valence-corrected chi connectivity index (χ1v) is 14.0. The minimum Gasteiger partial charge on any atom is -0.455 e. The summed E-state index contributed by atoms with van der Waals surface area (Å²) >= 11 is 0. The van der Waals surface area contributed by atoms with Gasteiger partial charge in [-0.1, -0.05) is 78.9 Å². The van der Waals surface area contributed by atoms with Crippen LogP contribution >= 0.6 is 0 Å². The lowest BCUT2D eigenvalue weighted by atomic mass is 9.43. The van der Waals surface area contributed by atoms with Crippen molar-refractivity contribution in [3.63, 3.8) is 0 Å². The molecule has 0 bridgehead atoms. The van der Waals surface area contributed by atoms with E-state index in [9.17, 15) is 0 Å². The van der Waals surface area contributed by atoms with Gasteiger partial charge in [-0.05, 0) is 46.3 Å². The maximum atomic E-state index is 6.67. The van der Waals surface area contributed by atoms with Crippen LogP contribution in [-0.2, 0) is 0 Å². The fraction of sp³-hybridized carbons (Fsp3) is 0. The maximum Gasteiger partial charge on any atom is 0.333 e. The summed E-state index contributed by atoms with van der Waals surface area (Å²) in [5.74, 6) is 0. The average molecular weight is 504 g/mol. The quantitative estimate of drug-likeness (QED) is 0.194. The molecular formula is C36H17BN2O. The van der Waals surface area contributed by atoms with E-state index in [4.69, 9.17) is 4.42 Å². The third-order valence-electron chi connectivity index (χ3n) is 10.0. The Labute approximate surface area is 227 Å². The van der Waals surface area contributed by atoms with Crippen LogP contribution in [0.5, 0.6) is 0 Å². The molecule has 12 rings (SSSR count). The van der Waals surface area contributed by atoms with Crippen LogP contribution in [0.4, 0.5) is 0 Å². The molecule has 0 aliphatic carbocycles. The lowest BCUT2D eigenvalue weighted by Gasteiger charge is -2.37. The maximum absolute atomic E-state index is 6.67. The molecule has 0 fully saturated rings. The molecule has 0 amide bonds. The first kappa shape index (κ1) is 18.9. The summed E-state index contributed by atoms with van der Waals surface area (Å²) in [5.41, 5.74) is 16.7. The van der Waals surface area contributed by atoms with Crippen LogP contribution in [0.2, 0.25) is 0 Å². The fourth-order valence-corrected chi connectivity index (χ4v) is 8.66. The minimum atomic E-state index is 0.131. The highest BCUT2D eigenvalue weighted by Crippen LogP contribution is 2.51. The van der Waals surface area contributed by atoms with Crippen molar-refractivity contribution >= 4 is 83.3 Å². The predicted molar refractivity (Wildman–Crippen MR) is 166 cm³/mol. The van der Waals surface area contributed by atoms with Gasteiger partial charge in [-0.3, -0.25) is 0 Å². The van der Waals surface area contributed by atoms with Crippen LogP contribution < -0.4 is 10.9 Å². The molecule has 0 spiro atoms. The normalized spacial score (nSPS) is 13.9. The first-order chi connectivity index (χ1) is 19.9. The summed E-state index contributed by atoms with van der Waals surface area (Å²) < 4.78 is 11.9. The Kier molecular flexibility index (Phi) is 2.77. The second-order valence-corrected chi connectivity index (χ2v) is 11.6. The molecule has 0 unspecified atom stereocenters. The van der Waals surface area contributed by atoms with E-state index in [0.717, 1.165) is 11.2 Å². The number of para-hydroxylation sites is 3. The lowest BCUT2D eigenvalue weighted by molar-refractivity contribution is 0.673. The summed E-state index contributed by atoms with van der Waals surface area (Å²) in [6.45, 7) is 0.131. The Morgan fingerprint density at radius 1 is 0.525 bits per heavy atom. The van der Waals surface area contributed by atoms with Crippen LogP contribution in [0.3, 0.4) is 0 Å². The number of fused-ring (bicyclic) bond motifs is 11. The molecule has 0 saturated carbocycles. The van der Waals surface area contributed by atoms with Crippen molar-refractivity contribution in [2.75, 3.05) is 0 Å². The lowest BCUT2D eigenvalue weighted by Crippen LogP contribution is -2.57. The molecule has 3 nitrogen and oxygen atoms in total. The molecule has 3 aromatic heterocycles. The summed E-state index contributed by atoms with van der Waals surface area (Å²) in [5, 5.41) is 7.55. The highest BCUT2D eigenvalue weighted by atomic mass is 16.3. The Balaban J connectivity index is 1.46. The molecule has 0 saturated heterocycles. The second kappa shape index (κ2) is 5.85. The van der Waals surface area contributed by atoms with Gasteiger partial charge in [0.25, 0.3) is 0 Å². The summed E-state index contributed by atoms with van der Waals surface area (Å²) in [7, 11) is 0. The number of hydrogen-bond donors (Lipinski definition) is 0. The number of benzene rings is 6. The molecule has 3 aliphatic heterocycles. The smallest absolute Gasteiger partial charge is 0.333 e. The van der Waals surface area contributed by atoms with Gasteiger partial charge >= 0.3 is 6.85 Å². The van der Waals surface area contributed by atoms with Gasteiger partial charge in [-0.2, -0.15) is 0 Å². The zero-order valence-corrected chi connectivity index (χ0v) is 21.2. The molecule has 9 aromatic rings. The van der Waals surface area contributed by atoms with Gasteiger partial charge in [0.2, 0.25) is 0 Å². The minimum absolute atomic E-state index is 0.131. The van der Waals surface area contributed by atoms with Crippen molar-refractivity contribution in [1.29, 1.82) is 0 Å². The van der Waals surface area contributed by atoms with Crippen molar-refractivity contribution in [3.8, 4) is 27.9 Å². The van der Waals surface area contributed by atoms with Gasteiger partial charge in [-0.15, -0.1) is 0 Å². The zero-order valence-electron chi connectivity index (χ0n) is 21.2. The van der Waals surface area contributed by atoms with Crippen LogP contribution in [0, 0.1) is 0 Å². The van der Waals surface area contributed by atoms with Crippen LogP contribution in [0.15, 0.2) is 108 Å². The summed E-state index contributed by atoms with van der Waals surface area (Å²) in [6.07, 6.45) is 0. The molecule has 40 heavy (non-hydrogen) atoms. The van der Waals surface area contributed by atoms with E-state index in [1.165, 1.54) is 93.3 Å². The van der Waals surface area contributed by atoms with E-state index >= 15 is 0 Å². The first-order valence-electron chi connectivity index (χ1n) is 14.0. The standard InChI is InChI=1S/C36H17BN2O/c1-3-12-27-18(7-1)23-16-15-21-25-17-26-19-8-2-4-14-29(19)40-36(26)30-24-11-5-10-22-20-9-6-13-28-31(20)37(32(21)35(23)38(27)28)39(33(22)24)34(25)30/h1-17H. The zero-order chi connectivity index (χ0) is 25.4. The van der Waals surface area contributed by atoms with Crippen LogP contribution in [0.25, 0.3) is 93.5 Å². The summed E-state index contributed by atoms with van der Waals surface area (Å²) in [4.78, 5) is 0. The Morgan fingerprint density at radius 3 is 2.30 bits per heavy atom. The SMILES string of the molecule is c1cc2c3c(c1)-n1c4ccccc4c4ccc5c(c41)B3n1c3c-2cccc3c2c3oc4ccccc4c3cc-5c21. The van der Waals surface area contributed by atoms with E-state index in [1.54, 1.807) is 0 Å². The molecule has 6 aromatic carbocycles. The van der Waals surface area contributed by atoms with Crippen molar-refractivity contribution in [2.45, 2.75) is 0 Å². The van der Waals surface area contributed by atoms with E-state index in [-0.39, 0.29) is 6.85 Å². The second-order valence-electron chi connectivity index (χ2n) is 11.6. The molecule has 0 N–H and O–H groups in total. The molecule has 0 atom stereocenters. The predicted octanol–water partition coefficient (Wildman–Crippen LogP) is 7.72. The van der Waals surface area contributed by atoms with Gasteiger partial charge in [-0.25, -0.2) is 0 Å². The van der Waals surface area contributed by atoms with Crippen molar-refractivity contribution in [3.05, 3.63) is 103 Å². The molecule has 3 aliphatic rings. The number of hydrogen-bond acceptors (Lipinski definition) is 1. The Morgan fingerprint density at radius 2 is 1.32 bits per heavy atom. The van der Waals surface area contributed by atoms with Crippen molar-refractivity contribution in [2.24, 2.45) is 0 Å². The third-order valence-corrected chi connectivity index (χ3v) is 10.0. The Hall–Kier alpha value is -5.22. The van der Waals surface area contributed by atoms with Crippen LogP contribution in [0.1, 0.15) is 0 Å². The van der Waals surface area contributed by atoms with Crippen LogP contribution in [-0.4, -0.2) is 15.9 Å². The van der Waals surface area contributed by atoms with E-state index in [1.807, 2.05) is 0 Å². The van der Waals surface area contributed by atoms with E-state index < -0.39 is 0 Å². The Bertz CT molecular complexity index is 2720. The fourth-order valence-electron chi connectivity index (χ4n) is 8.66. The van der Waals surface area contributed by atoms with Crippen molar-refractivity contribution in [1.82, 2.24) is 9.05 Å². The monoisotopic (exact) mass is 504 g/mol. The number of nitrogens with zero attached hydrogens (tertiary/aromatic N) is 2. The molecule has 180 valence electrons. The molecular weight excluding hydrogens is 487 g/mol.